The van der Waals surface area contributed by atoms with Gasteiger partial charge in [-0.15, -0.1) is 11.3 Å². The fraction of sp³-hybridized carbons (Fsp3) is 0.0357. The summed E-state index contributed by atoms with van der Waals surface area (Å²) in [6.07, 6.45) is 6.90. The van der Waals surface area contributed by atoms with Crippen molar-refractivity contribution < 1.29 is 13.5 Å². The molecule has 0 aliphatic carbocycles. The van der Waals surface area contributed by atoms with Gasteiger partial charge < -0.3 is 19.7 Å². The number of rotatable bonds is 8. The van der Waals surface area contributed by atoms with Gasteiger partial charge in [0.25, 0.3) is 0 Å². The second-order valence-corrected chi connectivity index (χ2v) is 10.5. The third-order valence-corrected chi connectivity index (χ3v) is 7.61. The summed E-state index contributed by atoms with van der Waals surface area (Å²) in [7, 11) is 0. The highest BCUT2D eigenvalue weighted by molar-refractivity contribution is 8.00. The Morgan fingerprint density at radius 3 is 2.77 bits per heavy atom. The summed E-state index contributed by atoms with van der Waals surface area (Å²) >= 11 is 9.01. The first-order chi connectivity index (χ1) is 19.5. The summed E-state index contributed by atoms with van der Waals surface area (Å²) in [5.74, 6) is 0.207. The van der Waals surface area contributed by atoms with Crippen molar-refractivity contribution in [1.29, 1.82) is 0 Å². The SMILES string of the molecule is Fc1cccc(-c2cc(C3=CN(c4cccnc4)CN3)c(Oc3cc(F)c(SNc4cscn4)cc3Cl)cn2)c1. The van der Waals surface area contributed by atoms with Gasteiger partial charge in [0.05, 0.1) is 51.6 Å². The van der Waals surface area contributed by atoms with E-state index in [0.29, 0.717) is 35.1 Å². The van der Waals surface area contributed by atoms with E-state index in [4.69, 9.17) is 16.3 Å². The van der Waals surface area contributed by atoms with E-state index in [1.54, 1.807) is 36.1 Å². The molecule has 200 valence electrons. The summed E-state index contributed by atoms with van der Waals surface area (Å²) in [5, 5.41) is 5.39. The Hall–Kier alpha value is -4.19. The number of hydrogen-bond acceptors (Lipinski definition) is 9. The summed E-state index contributed by atoms with van der Waals surface area (Å²) in [4.78, 5) is 15.1. The van der Waals surface area contributed by atoms with Crippen LogP contribution < -0.4 is 19.7 Å². The van der Waals surface area contributed by atoms with E-state index in [0.717, 1.165) is 23.3 Å². The van der Waals surface area contributed by atoms with Crippen LogP contribution in [0.2, 0.25) is 5.02 Å². The Kier molecular flexibility index (Phi) is 7.49. The van der Waals surface area contributed by atoms with E-state index in [2.05, 4.69) is 25.0 Å². The molecule has 0 radical (unpaired) electrons. The van der Waals surface area contributed by atoms with E-state index in [-0.39, 0.29) is 21.5 Å². The first-order valence-corrected chi connectivity index (χ1v) is 14.0. The van der Waals surface area contributed by atoms with Crippen molar-refractivity contribution in [2.75, 3.05) is 16.3 Å². The molecule has 3 aromatic heterocycles. The van der Waals surface area contributed by atoms with E-state index in [9.17, 15) is 4.39 Å². The number of ether oxygens (including phenoxy) is 1. The number of pyridine rings is 2. The molecule has 0 amide bonds. The predicted octanol–water partition coefficient (Wildman–Crippen LogP) is 7.81. The van der Waals surface area contributed by atoms with Gasteiger partial charge in [0.15, 0.2) is 5.75 Å². The van der Waals surface area contributed by atoms with Crippen LogP contribution >= 0.6 is 34.9 Å². The van der Waals surface area contributed by atoms with Gasteiger partial charge in [-0.05, 0) is 48.3 Å². The number of halogens is 3. The van der Waals surface area contributed by atoms with E-state index < -0.39 is 5.82 Å². The molecule has 40 heavy (non-hydrogen) atoms. The molecule has 12 heteroatoms. The van der Waals surface area contributed by atoms with Crippen molar-refractivity contribution in [3.05, 3.63) is 112 Å². The van der Waals surface area contributed by atoms with Crippen molar-refractivity contribution in [3.63, 3.8) is 0 Å². The Morgan fingerprint density at radius 2 is 1.98 bits per heavy atom. The Balaban J connectivity index is 1.34. The van der Waals surface area contributed by atoms with Gasteiger partial charge in [-0.1, -0.05) is 23.7 Å². The maximum atomic E-state index is 15.0. The molecule has 1 aliphatic rings. The van der Waals surface area contributed by atoms with Crippen LogP contribution in [0.15, 0.2) is 95.2 Å². The predicted molar refractivity (Wildman–Crippen MR) is 155 cm³/mol. The lowest BCUT2D eigenvalue weighted by Gasteiger charge is -2.15. The van der Waals surface area contributed by atoms with Crippen molar-refractivity contribution in [3.8, 4) is 22.8 Å². The molecule has 0 spiro atoms. The second-order valence-electron chi connectivity index (χ2n) is 8.53. The first-order valence-electron chi connectivity index (χ1n) is 11.9. The molecule has 7 nitrogen and oxygen atoms in total. The normalized spacial score (nSPS) is 12.7. The molecule has 0 atom stereocenters. The van der Waals surface area contributed by atoms with Crippen LogP contribution in [0.5, 0.6) is 11.5 Å². The highest BCUT2D eigenvalue weighted by Crippen LogP contribution is 2.39. The minimum absolute atomic E-state index is 0.126. The number of anilines is 2. The molecule has 2 N–H and O–H groups in total. The molecular weight excluding hydrogens is 574 g/mol. The van der Waals surface area contributed by atoms with Crippen LogP contribution in [0.3, 0.4) is 0 Å². The molecule has 4 heterocycles. The smallest absolute Gasteiger partial charge is 0.155 e. The van der Waals surface area contributed by atoms with Crippen molar-refractivity contribution in [1.82, 2.24) is 20.3 Å². The summed E-state index contributed by atoms with van der Waals surface area (Å²) in [6, 6.07) is 14.5. The lowest BCUT2D eigenvalue weighted by atomic mass is 10.1. The largest absolute Gasteiger partial charge is 0.453 e. The quantitative estimate of drug-likeness (QED) is 0.177. The number of aromatic nitrogens is 3. The topological polar surface area (TPSA) is 75.2 Å². The fourth-order valence-corrected chi connectivity index (χ4v) is 5.45. The molecule has 0 unspecified atom stereocenters. The minimum atomic E-state index is -0.515. The van der Waals surface area contributed by atoms with Crippen molar-refractivity contribution >= 4 is 52.1 Å². The zero-order valence-electron chi connectivity index (χ0n) is 20.5. The molecule has 0 fully saturated rings. The lowest BCUT2D eigenvalue weighted by molar-refractivity contribution is 0.471. The second kappa shape index (κ2) is 11.5. The van der Waals surface area contributed by atoms with Gasteiger partial charge in [-0.25, -0.2) is 13.8 Å². The van der Waals surface area contributed by atoms with E-state index >= 15 is 4.39 Å². The highest BCUT2D eigenvalue weighted by Gasteiger charge is 2.21. The fourth-order valence-electron chi connectivity index (χ4n) is 3.97. The molecule has 0 bridgehead atoms. The van der Waals surface area contributed by atoms with Gasteiger partial charge in [-0.2, -0.15) is 0 Å². The molecule has 0 saturated heterocycles. The minimum Gasteiger partial charge on any atom is -0.453 e. The summed E-state index contributed by atoms with van der Waals surface area (Å²) in [5.41, 5.74) is 5.10. The number of thiazole rings is 1. The van der Waals surface area contributed by atoms with Crippen LogP contribution in [-0.2, 0) is 0 Å². The maximum Gasteiger partial charge on any atom is 0.155 e. The average molecular weight is 593 g/mol. The van der Waals surface area contributed by atoms with Crippen molar-refractivity contribution in [2.24, 2.45) is 0 Å². The van der Waals surface area contributed by atoms with Gasteiger partial charge in [0.1, 0.15) is 23.2 Å². The number of nitrogens with zero attached hydrogens (tertiary/aromatic N) is 4. The van der Waals surface area contributed by atoms with Gasteiger partial charge in [-0.3, -0.25) is 9.97 Å². The van der Waals surface area contributed by atoms with Crippen LogP contribution in [0.1, 0.15) is 5.56 Å². The van der Waals surface area contributed by atoms with Crippen LogP contribution in [0, 0.1) is 11.6 Å². The molecule has 2 aromatic carbocycles. The molecular formula is C28H19ClF2N6OS2. The Bertz CT molecular complexity index is 1690. The van der Waals surface area contributed by atoms with Crippen LogP contribution in [0.25, 0.3) is 17.0 Å². The number of hydrogen-bond donors (Lipinski definition) is 2. The molecule has 5 aromatic rings. The first kappa shape index (κ1) is 26.1. The molecule has 1 aliphatic heterocycles. The Labute approximate surface area is 241 Å². The zero-order valence-corrected chi connectivity index (χ0v) is 22.9. The monoisotopic (exact) mass is 592 g/mol. The van der Waals surface area contributed by atoms with Gasteiger partial charge in [0.2, 0.25) is 0 Å². The Morgan fingerprint density at radius 1 is 1.05 bits per heavy atom. The highest BCUT2D eigenvalue weighted by atomic mass is 35.5. The lowest BCUT2D eigenvalue weighted by Crippen LogP contribution is -2.20. The van der Waals surface area contributed by atoms with Crippen LogP contribution in [0.4, 0.5) is 20.3 Å². The summed E-state index contributed by atoms with van der Waals surface area (Å²) < 4.78 is 38.1. The number of nitrogens with one attached hydrogen (secondary N) is 2. The van der Waals surface area contributed by atoms with Crippen molar-refractivity contribution in [2.45, 2.75) is 4.90 Å². The van der Waals surface area contributed by atoms with E-state index in [1.165, 1.54) is 41.8 Å². The van der Waals surface area contributed by atoms with E-state index in [1.807, 2.05) is 28.6 Å². The zero-order chi connectivity index (χ0) is 27.5. The number of benzene rings is 2. The third kappa shape index (κ3) is 5.71. The third-order valence-electron chi connectivity index (χ3n) is 5.88. The average Bonchev–Trinajstić information content (AvgIpc) is 3.68. The molecule has 6 rings (SSSR count). The maximum absolute atomic E-state index is 15.0. The van der Waals surface area contributed by atoms with Gasteiger partial charge in [0, 0.05) is 35.0 Å². The standard InChI is InChI=1S/C28H19ClF2N6OS2/c29-21-9-27(40-36-28-14-39-16-35-28)22(31)10-25(21)38-26-12-33-23(17-3-1-4-18(30)7-17)8-20(26)24-13-37(15-34-24)19-5-2-6-32-11-19/h1-14,16,34,36H,15H2. The summed E-state index contributed by atoms with van der Waals surface area (Å²) in [6.45, 7) is 0.491. The van der Waals surface area contributed by atoms with Crippen LogP contribution in [-0.4, -0.2) is 21.6 Å². The van der Waals surface area contributed by atoms with Gasteiger partial charge >= 0.3 is 0 Å². The molecule has 0 saturated carbocycles.